The van der Waals surface area contributed by atoms with Gasteiger partial charge in [0.15, 0.2) is 28.6 Å². The van der Waals surface area contributed by atoms with Crippen molar-refractivity contribution < 1.29 is 75.3 Å². The van der Waals surface area contributed by atoms with Gasteiger partial charge < -0.3 is 75.8 Å². The molecule has 776 valence electrons. The standard InChI is InChI=1S/C124H144N4O16P4/c1-9-17-29-65-97-101-73-103-98(66-30-18-10-2)105-75-107-100(68-32-20-12-4)108-76-106-99(67-31-19-11-3)104-74-102(97)118-110(78-126(70-14-6)114(130)82-146(134,91-53-37-23-38-54-91)92-55-39-24-40-56-92)120(104)140-87-142-122(106)112(80-128(72-16-8)116(132)84-148(136,95-61-45-27-46-62-95)96-63-47-28-48-64-96)124(108)144-88-143-123(107)111(79-127(71-15-7)115(131)83-147(135,93-57-41-25-42-58-93)94-59-43-26-44-60-94)121(105)141-86-139-119(103)109(117(101)137-85-138-118)77-125(69-13-5)113(129)81-145(133,89-49-33-21-34-50-89)90-51-35-22-36-52-90/h21-28,33-64,73-76,97-100H,9-20,29-32,65-72,77-88H2,1-8H3. The quantitative estimate of drug-likeness (QED) is 0.0255. The van der Waals surface area contributed by atoms with Crippen molar-refractivity contribution in [1.29, 1.82) is 0 Å². The number of carbonyl (C=O) groups is 4. The van der Waals surface area contributed by atoms with Crippen LogP contribution >= 0.6 is 28.6 Å². The van der Waals surface area contributed by atoms with Crippen LogP contribution in [0.4, 0.5) is 0 Å². The number of rotatable bonds is 48. The van der Waals surface area contributed by atoms with Crippen LogP contribution in [0.1, 0.15) is 274 Å². The largest absolute Gasteiger partial charge is 0.457 e. The van der Waals surface area contributed by atoms with Gasteiger partial charge in [-0.15, -0.1) is 0 Å². The van der Waals surface area contributed by atoms with Crippen LogP contribution in [0, 0.1) is 0 Å². The Hall–Kier alpha value is -12.2. The molecular formula is C124H144N4O16P4. The minimum atomic E-state index is -3.74. The fourth-order valence-corrected chi connectivity index (χ4v) is 33.0. The van der Waals surface area contributed by atoms with Gasteiger partial charge in [-0.3, -0.25) is 19.2 Å². The van der Waals surface area contributed by atoms with Crippen LogP contribution in [0.2, 0.25) is 0 Å². The average Bonchev–Trinajstić information content (AvgIpc) is 0.714. The molecule has 0 unspecified atom stereocenters. The molecule has 4 aliphatic heterocycles. The van der Waals surface area contributed by atoms with E-state index in [1.807, 2.05) is 290 Å². The number of hydrogen-bond acceptors (Lipinski definition) is 16. The number of unbranched alkanes of at least 4 members (excludes halogenated alkanes) is 8. The molecule has 17 rings (SSSR count). The van der Waals surface area contributed by atoms with Crippen molar-refractivity contribution in [3.8, 4) is 46.0 Å². The zero-order chi connectivity index (χ0) is 103. The molecule has 12 aromatic carbocycles. The monoisotopic (exact) mass is 2070 g/mol. The lowest BCUT2D eigenvalue weighted by atomic mass is 9.74. The third-order valence-corrected chi connectivity index (χ3v) is 42.1. The van der Waals surface area contributed by atoms with E-state index in [9.17, 15) is 0 Å². The molecule has 4 amide bonds. The van der Waals surface area contributed by atoms with E-state index < -0.39 is 79.4 Å². The molecule has 24 heteroatoms. The molecule has 20 nitrogen and oxygen atoms in total. The van der Waals surface area contributed by atoms with E-state index in [1.54, 1.807) is 0 Å². The summed E-state index contributed by atoms with van der Waals surface area (Å²) >= 11 is 0. The summed E-state index contributed by atoms with van der Waals surface area (Å²) in [5, 5.41) is 4.46. The third kappa shape index (κ3) is 23.1. The van der Waals surface area contributed by atoms with Crippen molar-refractivity contribution in [2.75, 3.05) is 78.0 Å². The summed E-state index contributed by atoms with van der Waals surface area (Å²) < 4.78 is 128. The van der Waals surface area contributed by atoms with Gasteiger partial charge in [-0.05, 0) is 75.6 Å². The van der Waals surface area contributed by atoms with Gasteiger partial charge in [0.25, 0.3) is 0 Å². The lowest BCUT2D eigenvalue weighted by molar-refractivity contribution is -0.130. The van der Waals surface area contributed by atoms with Gasteiger partial charge in [0, 0.05) is 137 Å². The molecule has 148 heavy (non-hydrogen) atoms. The van der Waals surface area contributed by atoms with Crippen molar-refractivity contribution in [2.45, 2.75) is 234 Å². The number of nitrogens with zero attached hydrogens (tertiary/aromatic N) is 4. The predicted molar refractivity (Wildman–Crippen MR) is 596 cm³/mol. The maximum atomic E-state index is 16.6. The molecule has 0 aromatic heterocycles. The molecule has 0 N–H and O–H groups in total. The molecular weight excluding hydrogens is 1930 g/mol. The number of benzene rings is 12. The van der Waals surface area contributed by atoms with Crippen molar-refractivity contribution in [1.82, 2.24) is 19.6 Å². The number of ether oxygens (including phenoxy) is 8. The number of hydrogen-bond donors (Lipinski definition) is 0. The summed E-state index contributed by atoms with van der Waals surface area (Å²) in [6.45, 7) is 16.1. The highest BCUT2D eigenvalue weighted by atomic mass is 31.2. The average molecular weight is 2070 g/mol. The Morgan fingerprint density at radius 1 is 0.223 bits per heavy atom. The topological polar surface area (TPSA) is 223 Å². The van der Waals surface area contributed by atoms with E-state index in [2.05, 4.69) is 52.0 Å². The van der Waals surface area contributed by atoms with E-state index >= 15 is 37.4 Å². The van der Waals surface area contributed by atoms with Crippen molar-refractivity contribution in [3.63, 3.8) is 0 Å². The SMILES string of the molecule is CCCCCC1c2cc3c4c(CN(CCC)C(=O)CP(=O)(c5ccccc5)c5ccccc5)c2OCOc2c1cc1c(c2CN(CCC)C(=O)CP(=O)(c2ccccc2)c2ccccc2)OCOc2c(cc5c(c2CN(CCC)C(=O)CP(=O)(c2ccccc2)c2ccccc2)OCOc2c(cc(c(c2CN(CCC)C(=O)CP(=O)(c2ccccc2)c2ccccc2)OCO4)C3CCCCC)C5CCCCC)C1CCCCC. The highest BCUT2D eigenvalue weighted by molar-refractivity contribution is 7.80. The van der Waals surface area contributed by atoms with Gasteiger partial charge in [-0.25, -0.2) is 0 Å². The van der Waals surface area contributed by atoms with Crippen LogP contribution < -0.4 is 80.3 Å². The molecule has 4 heterocycles. The van der Waals surface area contributed by atoms with Crippen molar-refractivity contribution in [3.05, 3.63) is 334 Å². The predicted octanol–water partition coefficient (Wildman–Crippen LogP) is 24.8. The maximum Gasteiger partial charge on any atom is 0.230 e. The summed E-state index contributed by atoms with van der Waals surface area (Å²) in [4.78, 5) is 73.7. The van der Waals surface area contributed by atoms with E-state index in [0.29, 0.717) is 188 Å². The van der Waals surface area contributed by atoms with Crippen LogP contribution in [0.15, 0.2) is 267 Å². The van der Waals surface area contributed by atoms with Crippen LogP contribution in [0.5, 0.6) is 46.0 Å². The Bertz CT molecular complexity index is 5680. The molecule has 0 atom stereocenters. The molecule has 0 saturated heterocycles. The lowest BCUT2D eigenvalue weighted by Gasteiger charge is -2.39. The minimum Gasteiger partial charge on any atom is -0.457 e. The van der Waals surface area contributed by atoms with Gasteiger partial charge in [-0.2, -0.15) is 0 Å². The smallest absolute Gasteiger partial charge is 0.230 e. The first kappa shape index (κ1) is 107. The van der Waals surface area contributed by atoms with Crippen LogP contribution in [0.25, 0.3) is 0 Å². The first-order valence-electron chi connectivity index (χ1n) is 54.0. The first-order chi connectivity index (χ1) is 72.3. The molecule has 12 aromatic rings. The summed E-state index contributed by atoms with van der Waals surface area (Å²) in [7, 11) is -14.9. The van der Waals surface area contributed by atoms with Crippen LogP contribution in [-0.4, -0.2) is 121 Å². The molecule has 8 bridgehead atoms. The molecule has 0 spiro atoms. The Morgan fingerprint density at radius 3 is 0.507 bits per heavy atom. The van der Waals surface area contributed by atoms with Gasteiger partial charge in [0.1, 0.15) is 46.0 Å². The Labute approximate surface area is 875 Å². The number of amides is 4. The summed E-state index contributed by atoms with van der Waals surface area (Å²) in [5.41, 5.74) is 8.69. The Kier molecular flexibility index (Phi) is 36.2. The highest BCUT2D eigenvalue weighted by Gasteiger charge is 2.47. The van der Waals surface area contributed by atoms with E-state index in [1.165, 1.54) is 0 Å². The summed E-state index contributed by atoms with van der Waals surface area (Å²) in [6, 6.07) is 84.0. The second-order valence-corrected chi connectivity index (χ2v) is 51.4. The molecule has 1 aliphatic carbocycles. The van der Waals surface area contributed by atoms with E-state index in [-0.39, 0.29) is 101 Å². The molecule has 0 fully saturated rings. The highest BCUT2D eigenvalue weighted by Crippen LogP contribution is 2.61. The number of carbonyl (C=O) groups excluding carboxylic acids is 4. The normalized spacial score (nSPS) is 15.4. The minimum absolute atomic E-state index is 0.0760. The zero-order valence-electron chi connectivity index (χ0n) is 87.3. The fourth-order valence-electron chi connectivity index (χ4n) is 22.8. The van der Waals surface area contributed by atoms with Gasteiger partial charge in [-0.1, -0.05) is 375 Å². The van der Waals surface area contributed by atoms with Gasteiger partial charge in [0.2, 0.25) is 50.8 Å². The van der Waals surface area contributed by atoms with Crippen LogP contribution in [0.3, 0.4) is 0 Å². The van der Waals surface area contributed by atoms with Crippen LogP contribution in [-0.2, 0) is 63.6 Å². The molecule has 0 saturated carbocycles. The van der Waals surface area contributed by atoms with Gasteiger partial charge >= 0.3 is 0 Å². The van der Waals surface area contributed by atoms with Gasteiger partial charge in [0.05, 0.1) is 73.1 Å². The third-order valence-electron chi connectivity index (χ3n) is 30.1. The van der Waals surface area contributed by atoms with E-state index in [4.69, 9.17) is 37.9 Å². The summed E-state index contributed by atoms with van der Waals surface area (Å²) in [5.74, 6) is -0.276. The van der Waals surface area contributed by atoms with E-state index in [0.717, 1.165) is 95.9 Å². The second-order valence-electron chi connectivity index (χ2n) is 40.1. The fraction of sp³-hybridized carbons (Fsp3) is 0.387. The zero-order valence-corrected chi connectivity index (χ0v) is 90.9. The molecule has 0 radical (unpaired) electrons. The lowest BCUT2D eigenvalue weighted by Crippen LogP contribution is -2.37. The maximum absolute atomic E-state index is 16.6. The first-order valence-corrected chi connectivity index (χ1v) is 61.6. The van der Waals surface area contributed by atoms with Crippen molar-refractivity contribution >= 4 is 94.6 Å². The molecule has 5 aliphatic rings. The Morgan fingerprint density at radius 2 is 0.372 bits per heavy atom. The summed E-state index contributed by atoms with van der Waals surface area (Å²) in [6.07, 6.45) is 12.5. The second kappa shape index (κ2) is 50.0. The van der Waals surface area contributed by atoms with Crippen molar-refractivity contribution in [2.24, 2.45) is 0 Å². The Balaban J connectivity index is 0.994.